The lowest BCUT2D eigenvalue weighted by Gasteiger charge is -2.38. The Hall–Kier alpha value is -0.810. The number of hydrogen-bond donors (Lipinski definition) is 1. The average molecular weight is 346 g/mol. The Bertz CT molecular complexity index is 487. The van der Waals surface area contributed by atoms with Gasteiger partial charge in [0.1, 0.15) is 5.82 Å². The third-order valence-electron chi connectivity index (χ3n) is 4.29. The number of halogens is 2. The van der Waals surface area contributed by atoms with Crippen LogP contribution in [0.2, 0.25) is 0 Å². The summed E-state index contributed by atoms with van der Waals surface area (Å²) in [4.78, 5) is 0. The molecule has 112 valence electrons. The third-order valence-corrected chi connectivity index (χ3v) is 4.87. The van der Waals surface area contributed by atoms with Gasteiger partial charge in [0, 0.05) is 23.6 Å². The number of nitrogens with two attached hydrogens (primary N) is 1. The Morgan fingerprint density at radius 2 is 1.90 bits per heavy atom. The van der Waals surface area contributed by atoms with Gasteiger partial charge in [-0.3, -0.25) is 0 Å². The predicted octanol–water partition coefficient (Wildman–Crippen LogP) is 3.77. The number of methoxy groups -OCH3 is 2. The van der Waals surface area contributed by atoms with Crippen LogP contribution < -0.4 is 15.2 Å². The highest BCUT2D eigenvalue weighted by atomic mass is 79.9. The van der Waals surface area contributed by atoms with Crippen molar-refractivity contribution in [3.8, 4) is 11.5 Å². The molecular formula is C15H21BrFNO2. The molecule has 0 amide bonds. The molecule has 2 N–H and O–H groups in total. The molecule has 1 aliphatic rings. The Kier molecular flexibility index (Phi) is 4.91. The molecule has 1 aliphatic carbocycles. The molecular weight excluding hydrogens is 325 g/mol. The number of benzene rings is 1. The van der Waals surface area contributed by atoms with Gasteiger partial charge in [0.2, 0.25) is 0 Å². The number of ether oxygens (including phenoxy) is 2. The van der Waals surface area contributed by atoms with E-state index in [0.29, 0.717) is 28.1 Å². The first kappa shape index (κ1) is 15.6. The van der Waals surface area contributed by atoms with Gasteiger partial charge in [-0.2, -0.15) is 0 Å². The van der Waals surface area contributed by atoms with Crippen LogP contribution in [0.25, 0.3) is 0 Å². The van der Waals surface area contributed by atoms with Crippen molar-refractivity contribution < 1.29 is 13.9 Å². The molecule has 0 aliphatic heterocycles. The van der Waals surface area contributed by atoms with Crippen LogP contribution in [0.1, 0.15) is 37.7 Å². The first-order valence-corrected chi connectivity index (χ1v) is 7.69. The second-order valence-electron chi connectivity index (χ2n) is 5.33. The van der Waals surface area contributed by atoms with Crippen molar-refractivity contribution in [3.63, 3.8) is 0 Å². The zero-order valence-corrected chi connectivity index (χ0v) is 13.6. The Labute approximate surface area is 127 Å². The summed E-state index contributed by atoms with van der Waals surface area (Å²) in [5.41, 5.74) is 6.23. The van der Waals surface area contributed by atoms with E-state index in [4.69, 9.17) is 15.2 Å². The zero-order valence-electron chi connectivity index (χ0n) is 12.0. The molecule has 0 bridgehead atoms. The molecule has 2 rings (SSSR count). The van der Waals surface area contributed by atoms with E-state index in [1.165, 1.54) is 6.42 Å². The molecule has 0 aromatic heterocycles. The second kappa shape index (κ2) is 6.31. The van der Waals surface area contributed by atoms with E-state index in [1.807, 2.05) is 0 Å². The summed E-state index contributed by atoms with van der Waals surface area (Å²) >= 11 is 3.27. The molecule has 0 radical (unpaired) electrons. The van der Waals surface area contributed by atoms with Crippen molar-refractivity contribution in [3.05, 3.63) is 21.9 Å². The lowest BCUT2D eigenvalue weighted by molar-refractivity contribution is 0.271. The van der Waals surface area contributed by atoms with E-state index in [2.05, 4.69) is 15.9 Å². The summed E-state index contributed by atoms with van der Waals surface area (Å²) < 4.78 is 25.9. The fraction of sp³-hybridized carbons (Fsp3) is 0.600. The molecule has 0 atom stereocenters. The minimum atomic E-state index is -0.356. The summed E-state index contributed by atoms with van der Waals surface area (Å²) in [5, 5.41) is 0. The SMILES string of the molecule is COc1cc(Br)c(F)c(C2(CN)CCCCC2)c1OC. The maximum Gasteiger partial charge on any atom is 0.167 e. The monoisotopic (exact) mass is 345 g/mol. The van der Waals surface area contributed by atoms with Crippen LogP contribution in [-0.4, -0.2) is 20.8 Å². The van der Waals surface area contributed by atoms with Gasteiger partial charge in [-0.05, 0) is 28.8 Å². The van der Waals surface area contributed by atoms with E-state index < -0.39 is 0 Å². The van der Waals surface area contributed by atoms with Crippen molar-refractivity contribution in [2.75, 3.05) is 20.8 Å². The summed E-state index contributed by atoms with van der Waals surface area (Å²) in [7, 11) is 3.10. The van der Waals surface area contributed by atoms with Gasteiger partial charge < -0.3 is 15.2 Å². The average Bonchev–Trinajstić information content (AvgIpc) is 2.49. The number of hydrogen-bond acceptors (Lipinski definition) is 3. The maximum atomic E-state index is 14.7. The predicted molar refractivity (Wildman–Crippen MR) is 81.0 cm³/mol. The second-order valence-corrected chi connectivity index (χ2v) is 6.18. The molecule has 20 heavy (non-hydrogen) atoms. The van der Waals surface area contributed by atoms with Crippen LogP contribution >= 0.6 is 15.9 Å². The highest BCUT2D eigenvalue weighted by Crippen LogP contribution is 2.48. The van der Waals surface area contributed by atoms with Gasteiger partial charge in [-0.25, -0.2) is 4.39 Å². The first-order chi connectivity index (χ1) is 9.59. The topological polar surface area (TPSA) is 44.5 Å². The number of rotatable bonds is 4. The molecule has 3 nitrogen and oxygen atoms in total. The maximum absolute atomic E-state index is 14.7. The van der Waals surface area contributed by atoms with Crippen LogP contribution in [0, 0.1) is 5.82 Å². The fourth-order valence-corrected chi connectivity index (χ4v) is 3.61. The minimum Gasteiger partial charge on any atom is -0.493 e. The standard InChI is InChI=1S/C15H21BrFNO2/c1-19-11-8-10(16)13(17)12(14(11)20-2)15(9-18)6-4-3-5-7-15/h8H,3-7,9,18H2,1-2H3. The van der Waals surface area contributed by atoms with Gasteiger partial charge in [-0.1, -0.05) is 19.3 Å². The largest absolute Gasteiger partial charge is 0.493 e. The van der Waals surface area contributed by atoms with Crippen LogP contribution in [0.15, 0.2) is 10.5 Å². The van der Waals surface area contributed by atoms with Gasteiger partial charge >= 0.3 is 0 Å². The smallest absolute Gasteiger partial charge is 0.167 e. The summed E-state index contributed by atoms with van der Waals surface area (Å²) in [6, 6.07) is 1.60. The normalized spacial score (nSPS) is 17.9. The minimum absolute atomic E-state index is 0.282. The highest BCUT2D eigenvalue weighted by Gasteiger charge is 2.39. The molecule has 1 saturated carbocycles. The van der Waals surface area contributed by atoms with Crippen molar-refractivity contribution in [1.29, 1.82) is 0 Å². The Morgan fingerprint density at radius 1 is 1.25 bits per heavy atom. The lowest BCUT2D eigenvalue weighted by Crippen LogP contribution is -2.38. The van der Waals surface area contributed by atoms with Crippen molar-refractivity contribution >= 4 is 15.9 Å². The molecule has 5 heteroatoms. The van der Waals surface area contributed by atoms with Crippen LogP contribution in [0.3, 0.4) is 0 Å². The van der Waals surface area contributed by atoms with Crippen molar-refractivity contribution in [2.45, 2.75) is 37.5 Å². The van der Waals surface area contributed by atoms with E-state index in [1.54, 1.807) is 20.3 Å². The lowest BCUT2D eigenvalue weighted by atomic mass is 9.69. The molecule has 0 unspecified atom stereocenters. The highest BCUT2D eigenvalue weighted by molar-refractivity contribution is 9.10. The quantitative estimate of drug-likeness (QED) is 0.903. The fourth-order valence-electron chi connectivity index (χ4n) is 3.20. The summed E-state index contributed by atoms with van der Waals surface area (Å²) in [6.45, 7) is 0.417. The van der Waals surface area contributed by atoms with Gasteiger partial charge in [0.15, 0.2) is 11.5 Å². The molecule has 1 aromatic rings. The zero-order chi connectivity index (χ0) is 14.8. The Morgan fingerprint density at radius 3 is 2.40 bits per heavy atom. The van der Waals surface area contributed by atoms with E-state index >= 15 is 0 Å². The third kappa shape index (κ3) is 2.53. The van der Waals surface area contributed by atoms with Crippen LogP contribution in [-0.2, 0) is 5.41 Å². The van der Waals surface area contributed by atoms with E-state index in [9.17, 15) is 4.39 Å². The van der Waals surface area contributed by atoms with Gasteiger partial charge in [0.05, 0.1) is 18.7 Å². The molecule has 0 spiro atoms. The van der Waals surface area contributed by atoms with Crippen LogP contribution in [0.5, 0.6) is 11.5 Å². The van der Waals surface area contributed by atoms with Crippen molar-refractivity contribution in [1.82, 2.24) is 0 Å². The van der Waals surface area contributed by atoms with E-state index in [0.717, 1.165) is 25.7 Å². The van der Waals surface area contributed by atoms with Crippen LogP contribution in [0.4, 0.5) is 4.39 Å². The summed E-state index contributed by atoms with van der Waals surface area (Å²) in [5.74, 6) is 0.727. The molecule has 1 aromatic carbocycles. The van der Waals surface area contributed by atoms with E-state index in [-0.39, 0.29) is 11.2 Å². The van der Waals surface area contributed by atoms with Gasteiger partial charge in [0.25, 0.3) is 0 Å². The Balaban J connectivity index is 2.66. The molecule has 0 saturated heterocycles. The van der Waals surface area contributed by atoms with Gasteiger partial charge in [-0.15, -0.1) is 0 Å². The summed E-state index contributed by atoms with van der Waals surface area (Å²) in [6.07, 6.45) is 5.08. The molecule has 0 heterocycles. The van der Waals surface area contributed by atoms with Crippen molar-refractivity contribution in [2.24, 2.45) is 5.73 Å². The molecule has 1 fully saturated rings. The first-order valence-electron chi connectivity index (χ1n) is 6.90.